The second kappa shape index (κ2) is 9.01. The Hall–Kier alpha value is -2.31. The molecule has 0 aromatic heterocycles. The van der Waals surface area contributed by atoms with E-state index in [9.17, 15) is 14.7 Å². The van der Waals surface area contributed by atoms with Gasteiger partial charge in [-0.15, -0.1) is 11.8 Å². The molecule has 4 rings (SSSR count). The van der Waals surface area contributed by atoms with E-state index in [2.05, 4.69) is 11.4 Å². The average molecular weight is 411 g/mol. The number of nitrogens with one attached hydrogen (secondary N) is 1. The zero-order valence-electron chi connectivity index (χ0n) is 16.3. The molecule has 6 heteroatoms. The molecular formula is C23H26N2O3S. The van der Waals surface area contributed by atoms with E-state index in [1.165, 1.54) is 17.3 Å². The third-order valence-corrected chi connectivity index (χ3v) is 6.76. The lowest BCUT2D eigenvalue weighted by Crippen LogP contribution is -2.38. The molecule has 0 spiro atoms. The lowest BCUT2D eigenvalue weighted by atomic mass is 9.93. The lowest BCUT2D eigenvalue weighted by Gasteiger charge is -2.26. The predicted octanol–water partition coefficient (Wildman–Crippen LogP) is 3.40. The van der Waals surface area contributed by atoms with Crippen molar-refractivity contribution in [3.8, 4) is 0 Å². The van der Waals surface area contributed by atoms with Crippen molar-refractivity contribution in [1.29, 1.82) is 0 Å². The van der Waals surface area contributed by atoms with Crippen LogP contribution in [0.15, 0.2) is 53.4 Å². The Kier molecular flexibility index (Phi) is 6.21. The summed E-state index contributed by atoms with van der Waals surface area (Å²) in [7, 11) is 0. The summed E-state index contributed by atoms with van der Waals surface area (Å²) >= 11 is 1.42. The molecule has 1 aliphatic heterocycles. The highest BCUT2D eigenvalue weighted by molar-refractivity contribution is 8.00. The molecule has 0 atom stereocenters. The van der Waals surface area contributed by atoms with Crippen molar-refractivity contribution in [2.24, 2.45) is 0 Å². The molecule has 2 aromatic rings. The number of amides is 2. The van der Waals surface area contributed by atoms with Crippen LogP contribution < -0.4 is 10.2 Å². The van der Waals surface area contributed by atoms with Crippen molar-refractivity contribution >= 4 is 29.3 Å². The predicted molar refractivity (Wildman–Crippen MR) is 115 cm³/mol. The Balaban J connectivity index is 1.38. The topological polar surface area (TPSA) is 69.6 Å². The van der Waals surface area contributed by atoms with Gasteiger partial charge in [0.1, 0.15) is 0 Å². The number of fused-ring (bicyclic) bond motifs is 1. The van der Waals surface area contributed by atoms with Crippen molar-refractivity contribution in [3.63, 3.8) is 0 Å². The Morgan fingerprint density at radius 2 is 1.76 bits per heavy atom. The van der Waals surface area contributed by atoms with Crippen LogP contribution in [0.1, 0.15) is 41.6 Å². The third-order valence-electron chi connectivity index (χ3n) is 5.70. The fourth-order valence-electron chi connectivity index (χ4n) is 4.08. The summed E-state index contributed by atoms with van der Waals surface area (Å²) in [5.41, 5.74) is 2.82. The molecule has 0 bridgehead atoms. The number of para-hydroxylation sites is 1. The highest BCUT2D eigenvalue weighted by atomic mass is 32.2. The van der Waals surface area contributed by atoms with Crippen molar-refractivity contribution in [1.82, 2.24) is 5.32 Å². The lowest BCUT2D eigenvalue weighted by molar-refractivity contribution is -0.116. The molecule has 0 unspecified atom stereocenters. The molecule has 2 N–H and O–H groups in total. The van der Waals surface area contributed by atoms with Gasteiger partial charge in [-0.25, -0.2) is 0 Å². The normalized spacial score (nSPS) is 20.9. The van der Waals surface area contributed by atoms with Crippen LogP contribution in [0.2, 0.25) is 0 Å². The van der Waals surface area contributed by atoms with Crippen molar-refractivity contribution in [2.45, 2.75) is 49.1 Å². The molecule has 1 fully saturated rings. The second-order valence-electron chi connectivity index (χ2n) is 7.69. The first kappa shape index (κ1) is 20.0. The second-order valence-corrected chi connectivity index (χ2v) is 8.71. The fourth-order valence-corrected chi connectivity index (χ4v) is 5.00. The molecule has 29 heavy (non-hydrogen) atoms. The van der Waals surface area contributed by atoms with E-state index in [1.54, 1.807) is 0 Å². The summed E-state index contributed by atoms with van der Waals surface area (Å²) < 4.78 is 0. The maximum atomic E-state index is 12.8. The Bertz CT molecular complexity index is 893. The first-order valence-electron chi connectivity index (χ1n) is 10.2. The van der Waals surface area contributed by atoms with Gasteiger partial charge in [-0.3, -0.25) is 9.59 Å². The fraction of sp³-hybridized carbons (Fsp3) is 0.391. The van der Waals surface area contributed by atoms with Gasteiger partial charge in [0.2, 0.25) is 5.91 Å². The van der Waals surface area contributed by atoms with Crippen LogP contribution in [0.4, 0.5) is 5.69 Å². The molecule has 1 saturated carbocycles. The summed E-state index contributed by atoms with van der Waals surface area (Å²) in [6, 6.07) is 15.6. The van der Waals surface area contributed by atoms with E-state index in [0.717, 1.165) is 42.7 Å². The molecule has 0 radical (unpaired) electrons. The minimum absolute atomic E-state index is 0.0661. The third kappa shape index (κ3) is 4.65. The first-order chi connectivity index (χ1) is 14.1. The van der Waals surface area contributed by atoms with Gasteiger partial charge in [-0.05, 0) is 55.9 Å². The van der Waals surface area contributed by atoms with E-state index < -0.39 is 0 Å². The zero-order valence-corrected chi connectivity index (χ0v) is 17.2. The maximum absolute atomic E-state index is 12.8. The summed E-state index contributed by atoms with van der Waals surface area (Å²) in [6.07, 6.45) is 3.71. The molecule has 0 saturated heterocycles. The van der Waals surface area contributed by atoms with Crippen molar-refractivity contribution < 1.29 is 14.7 Å². The smallest absolute Gasteiger partial charge is 0.252 e. The number of carbonyl (C=O) groups is 2. The Morgan fingerprint density at radius 3 is 2.59 bits per heavy atom. The van der Waals surface area contributed by atoms with E-state index in [-0.39, 0.29) is 24.0 Å². The van der Waals surface area contributed by atoms with Gasteiger partial charge in [0, 0.05) is 23.2 Å². The standard InChI is InChI=1S/C23H26N2O3S/c26-18-11-9-17(10-12-18)24-23(28)19-6-2-4-8-21(19)29-15-22(27)25-14-13-16-5-1-3-7-20(16)25/h1-8,17-18,26H,9-15H2,(H,24,28). The van der Waals surface area contributed by atoms with Gasteiger partial charge in [-0.1, -0.05) is 30.3 Å². The Morgan fingerprint density at radius 1 is 1.03 bits per heavy atom. The van der Waals surface area contributed by atoms with Crippen LogP contribution in [-0.2, 0) is 11.2 Å². The van der Waals surface area contributed by atoms with Crippen LogP contribution in [-0.4, -0.2) is 41.4 Å². The highest BCUT2D eigenvalue weighted by Gasteiger charge is 2.25. The number of thioether (sulfide) groups is 1. The first-order valence-corrected chi connectivity index (χ1v) is 11.2. The van der Waals surface area contributed by atoms with E-state index in [1.807, 2.05) is 47.4 Å². The van der Waals surface area contributed by atoms with Crippen LogP contribution in [0.5, 0.6) is 0 Å². The van der Waals surface area contributed by atoms with Gasteiger partial charge in [0.25, 0.3) is 5.91 Å². The van der Waals surface area contributed by atoms with Gasteiger partial charge >= 0.3 is 0 Å². The van der Waals surface area contributed by atoms with Crippen LogP contribution in [0, 0.1) is 0 Å². The molecule has 2 amide bonds. The number of aliphatic hydroxyl groups is 1. The van der Waals surface area contributed by atoms with Crippen LogP contribution in [0.25, 0.3) is 0 Å². The van der Waals surface area contributed by atoms with E-state index in [0.29, 0.717) is 17.9 Å². The summed E-state index contributed by atoms with van der Waals surface area (Å²) in [5.74, 6) is 0.263. The largest absolute Gasteiger partial charge is 0.393 e. The van der Waals surface area contributed by atoms with Gasteiger partial charge in [0.15, 0.2) is 0 Å². The minimum atomic E-state index is -0.243. The number of hydrogen-bond donors (Lipinski definition) is 2. The number of hydrogen-bond acceptors (Lipinski definition) is 4. The number of aliphatic hydroxyl groups excluding tert-OH is 1. The van der Waals surface area contributed by atoms with Gasteiger partial charge in [-0.2, -0.15) is 0 Å². The SMILES string of the molecule is O=C(NC1CCC(O)CC1)c1ccccc1SCC(=O)N1CCc2ccccc21. The average Bonchev–Trinajstić information content (AvgIpc) is 3.18. The number of benzene rings is 2. The molecule has 2 aromatic carbocycles. The van der Waals surface area contributed by atoms with E-state index >= 15 is 0 Å². The molecule has 5 nitrogen and oxygen atoms in total. The number of anilines is 1. The molecule has 2 aliphatic rings. The summed E-state index contributed by atoms with van der Waals surface area (Å²) in [4.78, 5) is 28.3. The number of nitrogens with zero attached hydrogens (tertiary/aromatic N) is 1. The van der Waals surface area contributed by atoms with E-state index in [4.69, 9.17) is 0 Å². The highest BCUT2D eigenvalue weighted by Crippen LogP contribution is 2.30. The quantitative estimate of drug-likeness (QED) is 0.742. The zero-order chi connectivity index (χ0) is 20.2. The number of rotatable bonds is 5. The minimum Gasteiger partial charge on any atom is -0.393 e. The van der Waals surface area contributed by atoms with Crippen LogP contribution in [0.3, 0.4) is 0 Å². The van der Waals surface area contributed by atoms with Gasteiger partial charge < -0.3 is 15.3 Å². The molecule has 152 valence electrons. The molecular weight excluding hydrogens is 384 g/mol. The van der Waals surface area contributed by atoms with Crippen LogP contribution >= 0.6 is 11.8 Å². The van der Waals surface area contributed by atoms with Crippen molar-refractivity contribution in [2.75, 3.05) is 17.2 Å². The molecule has 1 aliphatic carbocycles. The van der Waals surface area contributed by atoms with Gasteiger partial charge in [0.05, 0.1) is 17.4 Å². The summed E-state index contributed by atoms with van der Waals surface area (Å²) in [6.45, 7) is 0.717. The monoisotopic (exact) mass is 410 g/mol. The maximum Gasteiger partial charge on any atom is 0.252 e. The Labute approximate surface area is 175 Å². The molecule has 1 heterocycles. The van der Waals surface area contributed by atoms with Crippen molar-refractivity contribution in [3.05, 3.63) is 59.7 Å². The number of carbonyl (C=O) groups excluding carboxylic acids is 2. The summed E-state index contributed by atoms with van der Waals surface area (Å²) in [5, 5.41) is 12.7.